The van der Waals surface area contributed by atoms with Crippen molar-refractivity contribution in [2.75, 3.05) is 4.72 Å². The van der Waals surface area contributed by atoms with E-state index in [0.29, 0.717) is 19.8 Å². The summed E-state index contributed by atoms with van der Waals surface area (Å²) in [6.45, 7) is 0. The Kier molecular flexibility index (Phi) is 5.07. The molecule has 110 valence electrons. The predicted octanol–water partition coefficient (Wildman–Crippen LogP) is 3.38. The van der Waals surface area contributed by atoms with Crippen molar-refractivity contribution in [2.24, 2.45) is 5.73 Å². The van der Waals surface area contributed by atoms with Crippen LogP contribution in [-0.2, 0) is 10.0 Å². The molecular formula is C13H10ClIN2O2S2. The summed E-state index contributed by atoms with van der Waals surface area (Å²) in [6.07, 6.45) is 0. The molecule has 0 unspecified atom stereocenters. The fourth-order valence-corrected chi connectivity index (χ4v) is 4.41. The maximum absolute atomic E-state index is 12.5. The number of rotatable bonds is 4. The van der Waals surface area contributed by atoms with E-state index in [1.54, 1.807) is 36.4 Å². The fourth-order valence-electron chi connectivity index (χ4n) is 1.68. The van der Waals surface area contributed by atoms with Crippen molar-refractivity contribution in [1.82, 2.24) is 0 Å². The molecule has 0 aliphatic carbocycles. The van der Waals surface area contributed by atoms with Crippen LogP contribution in [0.15, 0.2) is 47.4 Å². The standard InChI is InChI=1S/C13H10ClIN2O2S2/c14-8-5-6-11(10(15)7-8)17-21(18,19)12-4-2-1-3-9(12)13(16)20/h1-7,17H,(H2,16,20). The number of thiocarbonyl (C=S) groups is 1. The molecule has 0 aromatic heterocycles. The third kappa shape index (κ3) is 3.85. The Morgan fingerprint density at radius 2 is 1.90 bits per heavy atom. The molecule has 0 bridgehead atoms. The normalized spacial score (nSPS) is 11.1. The summed E-state index contributed by atoms with van der Waals surface area (Å²) < 4.78 is 28.2. The van der Waals surface area contributed by atoms with Gasteiger partial charge >= 0.3 is 0 Å². The van der Waals surface area contributed by atoms with Gasteiger partial charge in [0.1, 0.15) is 4.99 Å². The Morgan fingerprint density at radius 3 is 2.52 bits per heavy atom. The quantitative estimate of drug-likeness (QED) is 0.551. The summed E-state index contributed by atoms with van der Waals surface area (Å²) >= 11 is 12.8. The minimum absolute atomic E-state index is 0.0294. The average molecular weight is 453 g/mol. The molecule has 4 nitrogen and oxygen atoms in total. The lowest BCUT2D eigenvalue weighted by Gasteiger charge is -2.12. The fraction of sp³-hybridized carbons (Fsp3) is 0. The molecule has 0 aliphatic heterocycles. The van der Waals surface area contributed by atoms with Crippen molar-refractivity contribution in [3.63, 3.8) is 0 Å². The number of hydrogen-bond donors (Lipinski definition) is 2. The Labute approximate surface area is 146 Å². The highest BCUT2D eigenvalue weighted by molar-refractivity contribution is 14.1. The number of nitrogens with one attached hydrogen (secondary N) is 1. The lowest BCUT2D eigenvalue weighted by atomic mass is 10.2. The Balaban J connectivity index is 2.46. The summed E-state index contributed by atoms with van der Waals surface area (Å²) in [7, 11) is -3.79. The zero-order chi connectivity index (χ0) is 15.6. The Hall–Kier alpha value is -0.900. The van der Waals surface area contributed by atoms with Crippen LogP contribution in [-0.4, -0.2) is 13.4 Å². The first kappa shape index (κ1) is 16.5. The number of halogens is 2. The summed E-state index contributed by atoms with van der Waals surface area (Å²) in [5.74, 6) is 0. The van der Waals surface area contributed by atoms with Crippen molar-refractivity contribution in [3.05, 3.63) is 56.6 Å². The smallest absolute Gasteiger partial charge is 0.262 e. The zero-order valence-electron chi connectivity index (χ0n) is 10.5. The van der Waals surface area contributed by atoms with Gasteiger partial charge in [-0.25, -0.2) is 8.42 Å². The number of hydrogen-bond acceptors (Lipinski definition) is 3. The number of anilines is 1. The van der Waals surface area contributed by atoms with E-state index in [1.165, 1.54) is 6.07 Å². The minimum Gasteiger partial charge on any atom is -0.389 e. The van der Waals surface area contributed by atoms with E-state index in [1.807, 2.05) is 22.6 Å². The third-order valence-corrected chi connectivity index (χ3v) is 5.39. The van der Waals surface area contributed by atoms with Crippen molar-refractivity contribution in [2.45, 2.75) is 4.90 Å². The van der Waals surface area contributed by atoms with Gasteiger partial charge in [-0.1, -0.05) is 42.0 Å². The highest BCUT2D eigenvalue weighted by Gasteiger charge is 2.20. The maximum Gasteiger partial charge on any atom is 0.262 e. The van der Waals surface area contributed by atoms with Crippen LogP contribution in [0.1, 0.15) is 5.56 Å². The van der Waals surface area contributed by atoms with Gasteiger partial charge in [0.15, 0.2) is 0 Å². The molecule has 0 saturated carbocycles. The van der Waals surface area contributed by atoms with Crippen LogP contribution >= 0.6 is 46.4 Å². The first-order valence-electron chi connectivity index (χ1n) is 5.68. The van der Waals surface area contributed by atoms with E-state index in [0.717, 1.165) is 0 Å². The topological polar surface area (TPSA) is 72.2 Å². The summed E-state index contributed by atoms with van der Waals surface area (Å²) in [5.41, 5.74) is 6.33. The second kappa shape index (κ2) is 6.47. The SMILES string of the molecule is NC(=S)c1ccccc1S(=O)(=O)Nc1ccc(Cl)cc1I. The number of sulfonamides is 1. The second-order valence-corrected chi connectivity index (χ2v) is 7.78. The summed E-state index contributed by atoms with van der Waals surface area (Å²) in [5, 5.41) is 0.533. The van der Waals surface area contributed by atoms with Crippen LogP contribution in [0.3, 0.4) is 0 Å². The molecule has 8 heteroatoms. The van der Waals surface area contributed by atoms with Crippen LogP contribution in [0.4, 0.5) is 5.69 Å². The Bertz CT molecular complexity index is 810. The van der Waals surface area contributed by atoms with Gasteiger partial charge in [-0.3, -0.25) is 4.72 Å². The number of nitrogens with two attached hydrogens (primary N) is 1. The predicted molar refractivity (Wildman–Crippen MR) is 97.3 cm³/mol. The molecule has 2 aromatic carbocycles. The van der Waals surface area contributed by atoms with Crippen LogP contribution in [0.2, 0.25) is 5.02 Å². The Morgan fingerprint density at radius 1 is 1.24 bits per heavy atom. The van der Waals surface area contributed by atoms with E-state index >= 15 is 0 Å². The lowest BCUT2D eigenvalue weighted by Crippen LogP contribution is -2.20. The van der Waals surface area contributed by atoms with Gasteiger partial charge in [0.2, 0.25) is 0 Å². The van der Waals surface area contributed by atoms with Crippen LogP contribution in [0.25, 0.3) is 0 Å². The van der Waals surface area contributed by atoms with Crippen molar-refractivity contribution < 1.29 is 8.42 Å². The van der Waals surface area contributed by atoms with Crippen LogP contribution in [0, 0.1) is 3.57 Å². The molecule has 0 spiro atoms. The van der Waals surface area contributed by atoms with E-state index in [9.17, 15) is 8.42 Å². The number of benzene rings is 2. The molecule has 3 N–H and O–H groups in total. The van der Waals surface area contributed by atoms with Gasteiger partial charge < -0.3 is 5.73 Å². The average Bonchev–Trinajstić information content (AvgIpc) is 2.42. The molecule has 0 radical (unpaired) electrons. The van der Waals surface area contributed by atoms with E-state index in [4.69, 9.17) is 29.6 Å². The van der Waals surface area contributed by atoms with Crippen LogP contribution in [0.5, 0.6) is 0 Å². The minimum atomic E-state index is -3.79. The van der Waals surface area contributed by atoms with Gasteiger partial charge in [-0.05, 0) is 46.9 Å². The van der Waals surface area contributed by atoms with Gasteiger partial charge in [-0.2, -0.15) is 0 Å². The van der Waals surface area contributed by atoms with E-state index < -0.39 is 10.0 Å². The molecule has 21 heavy (non-hydrogen) atoms. The lowest BCUT2D eigenvalue weighted by molar-refractivity contribution is 0.601. The molecule has 2 aromatic rings. The van der Waals surface area contributed by atoms with Gasteiger partial charge in [0.25, 0.3) is 10.0 Å². The molecule has 0 atom stereocenters. The third-order valence-electron chi connectivity index (χ3n) is 2.62. The van der Waals surface area contributed by atoms with Gasteiger partial charge in [0, 0.05) is 14.2 Å². The molecule has 0 saturated heterocycles. The first-order valence-corrected chi connectivity index (χ1v) is 9.03. The maximum atomic E-state index is 12.5. The van der Waals surface area contributed by atoms with Crippen molar-refractivity contribution >= 4 is 67.1 Å². The molecular weight excluding hydrogens is 443 g/mol. The first-order chi connectivity index (χ1) is 9.81. The molecule has 0 aliphatic rings. The second-order valence-electron chi connectivity index (χ2n) is 4.09. The van der Waals surface area contributed by atoms with Crippen LogP contribution < -0.4 is 10.5 Å². The van der Waals surface area contributed by atoms with E-state index in [-0.39, 0.29) is 9.88 Å². The van der Waals surface area contributed by atoms with Crippen molar-refractivity contribution in [1.29, 1.82) is 0 Å². The van der Waals surface area contributed by atoms with Gasteiger partial charge in [0.05, 0.1) is 10.6 Å². The molecule has 0 heterocycles. The van der Waals surface area contributed by atoms with E-state index in [2.05, 4.69) is 4.72 Å². The molecule has 0 fully saturated rings. The summed E-state index contributed by atoms with van der Waals surface area (Å²) in [6, 6.07) is 11.2. The largest absolute Gasteiger partial charge is 0.389 e. The van der Waals surface area contributed by atoms with Crippen molar-refractivity contribution in [3.8, 4) is 0 Å². The highest BCUT2D eigenvalue weighted by atomic mass is 127. The molecule has 2 rings (SSSR count). The van der Waals surface area contributed by atoms with Gasteiger partial charge in [-0.15, -0.1) is 0 Å². The zero-order valence-corrected chi connectivity index (χ0v) is 15.1. The summed E-state index contributed by atoms with van der Waals surface area (Å²) in [4.78, 5) is 0.0741. The monoisotopic (exact) mass is 452 g/mol. The molecule has 0 amide bonds. The highest BCUT2D eigenvalue weighted by Crippen LogP contribution is 2.26.